The number of carbonyl (C=O) groups is 1. The number of rotatable bonds is 4. The fraction of sp³-hybridized carbons (Fsp3) is 0.0476. The van der Waals surface area contributed by atoms with Gasteiger partial charge in [-0.05, 0) is 48.0 Å². The molecule has 0 aliphatic heterocycles. The lowest BCUT2D eigenvalue weighted by atomic mass is 10.1. The zero-order chi connectivity index (χ0) is 17.9. The van der Waals surface area contributed by atoms with Crippen molar-refractivity contribution in [1.82, 2.24) is 4.98 Å². The van der Waals surface area contributed by atoms with Crippen molar-refractivity contribution in [3.05, 3.63) is 94.8 Å². The van der Waals surface area contributed by atoms with E-state index in [1.165, 1.54) is 0 Å². The van der Waals surface area contributed by atoms with Crippen LogP contribution in [0.5, 0.6) is 0 Å². The van der Waals surface area contributed by atoms with Crippen LogP contribution in [-0.2, 0) is 6.42 Å². The molecule has 0 aliphatic carbocycles. The number of fused-ring (bicyclic) bond motifs is 1. The largest absolute Gasteiger partial charge is 0.440 e. The number of halogens is 1. The van der Waals surface area contributed by atoms with Crippen LogP contribution >= 0.6 is 11.6 Å². The summed E-state index contributed by atoms with van der Waals surface area (Å²) >= 11 is 5.85. The zero-order valence-electron chi connectivity index (χ0n) is 13.8. The molecule has 0 radical (unpaired) electrons. The van der Waals surface area contributed by atoms with Crippen molar-refractivity contribution in [3.63, 3.8) is 0 Å². The lowest BCUT2D eigenvalue weighted by Crippen LogP contribution is -2.11. The Morgan fingerprint density at radius 2 is 1.77 bits per heavy atom. The fourth-order valence-electron chi connectivity index (χ4n) is 2.70. The molecule has 3 aromatic carbocycles. The first-order valence-electron chi connectivity index (χ1n) is 8.18. The molecule has 128 valence electrons. The van der Waals surface area contributed by atoms with Crippen LogP contribution in [0.3, 0.4) is 0 Å². The molecule has 0 spiro atoms. The minimum atomic E-state index is -0.200. The highest BCUT2D eigenvalue weighted by atomic mass is 35.5. The number of oxazole rings is 1. The van der Waals surface area contributed by atoms with Gasteiger partial charge in [-0.25, -0.2) is 4.98 Å². The molecule has 0 fully saturated rings. The number of hydrogen-bond acceptors (Lipinski definition) is 3. The molecule has 5 heteroatoms. The molecule has 1 amide bonds. The summed E-state index contributed by atoms with van der Waals surface area (Å²) < 4.78 is 5.79. The average Bonchev–Trinajstić information content (AvgIpc) is 3.04. The van der Waals surface area contributed by atoms with Crippen LogP contribution in [0.15, 0.2) is 77.2 Å². The number of anilines is 1. The lowest BCUT2D eigenvalue weighted by Gasteiger charge is -2.05. The standard InChI is InChI=1S/C21H15ClN2O2/c22-16-8-6-15(7-9-16)21(25)23-17-10-11-19-18(13-17)24-20(26-19)12-14-4-2-1-3-5-14/h1-11,13H,12H2,(H,23,25). The maximum Gasteiger partial charge on any atom is 0.255 e. The summed E-state index contributed by atoms with van der Waals surface area (Å²) in [5, 5.41) is 3.46. The van der Waals surface area contributed by atoms with E-state index in [2.05, 4.69) is 10.3 Å². The summed E-state index contributed by atoms with van der Waals surface area (Å²) in [6, 6.07) is 22.2. The van der Waals surface area contributed by atoms with E-state index in [0.717, 1.165) is 5.56 Å². The summed E-state index contributed by atoms with van der Waals surface area (Å²) in [7, 11) is 0. The first-order valence-corrected chi connectivity index (χ1v) is 8.55. The second-order valence-electron chi connectivity index (χ2n) is 5.91. The van der Waals surface area contributed by atoms with Crippen LogP contribution in [0.2, 0.25) is 5.02 Å². The van der Waals surface area contributed by atoms with Crippen molar-refractivity contribution in [2.45, 2.75) is 6.42 Å². The van der Waals surface area contributed by atoms with E-state index in [1.54, 1.807) is 36.4 Å². The Morgan fingerprint density at radius 3 is 2.54 bits per heavy atom. The summed E-state index contributed by atoms with van der Waals surface area (Å²) in [6.45, 7) is 0. The van der Waals surface area contributed by atoms with E-state index in [4.69, 9.17) is 16.0 Å². The van der Waals surface area contributed by atoms with Crippen molar-refractivity contribution in [3.8, 4) is 0 Å². The van der Waals surface area contributed by atoms with E-state index in [0.29, 0.717) is 39.7 Å². The molecule has 1 N–H and O–H groups in total. The van der Waals surface area contributed by atoms with E-state index >= 15 is 0 Å². The van der Waals surface area contributed by atoms with Crippen molar-refractivity contribution in [2.75, 3.05) is 5.32 Å². The van der Waals surface area contributed by atoms with Gasteiger partial charge in [0.05, 0.1) is 0 Å². The highest BCUT2D eigenvalue weighted by Gasteiger charge is 2.10. The molecule has 0 aliphatic rings. The number of amides is 1. The third-order valence-corrected chi connectivity index (χ3v) is 4.25. The first-order chi connectivity index (χ1) is 12.7. The van der Waals surface area contributed by atoms with E-state index in [9.17, 15) is 4.79 Å². The SMILES string of the molecule is O=C(Nc1ccc2oc(Cc3ccccc3)nc2c1)c1ccc(Cl)cc1. The van der Waals surface area contributed by atoms with Crippen LogP contribution in [0.25, 0.3) is 11.1 Å². The highest BCUT2D eigenvalue weighted by molar-refractivity contribution is 6.30. The summed E-state index contributed by atoms with van der Waals surface area (Å²) in [4.78, 5) is 16.8. The van der Waals surface area contributed by atoms with Gasteiger partial charge in [-0.2, -0.15) is 0 Å². The molecule has 4 aromatic rings. The van der Waals surface area contributed by atoms with Gasteiger partial charge in [-0.3, -0.25) is 4.79 Å². The monoisotopic (exact) mass is 362 g/mol. The quantitative estimate of drug-likeness (QED) is 0.534. The maximum absolute atomic E-state index is 12.3. The molecule has 0 saturated carbocycles. The lowest BCUT2D eigenvalue weighted by molar-refractivity contribution is 0.102. The molecule has 0 saturated heterocycles. The molecule has 0 atom stereocenters. The third kappa shape index (κ3) is 3.60. The number of benzene rings is 3. The van der Waals surface area contributed by atoms with Crippen molar-refractivity contribution in [1.29, 1.82) is 0 Å². The number of hydrogen-bond donors (Lipinski definition) is 1. The van der Waals surface area contributed by atoms with Gasteiger partial charge in [-0.15, -0.1) is 0 Å². The Labute approximate surface area is 155 Å². The second kappa shape index (κ2) is 7.02. The predicted octanol–water partition coefficient (Wildman–Crippen LogP) is 5.32. The minimum Gasteiger partial charge on any atom is -0.440 e. The molecular weight excluding hydrogens is 348 g/mol. The van der Waals surface area contributed by atoms with Gasteiger partial charge in [-0.1, -0.05) is 41.9 Å². The van der Waals surface area contributed by atoms with E-state index in [-0.39, 0.29) is 5.91 Å². The van der Waals surface area contributed by atoms with Gasteiger partial charge in [0.2, 0.25) is 0 Å². The molecule has 0 unspecified atom stereocenters. The molecule has 4 nitrogen and oxygen atoms in total. The molecule has 1 heterocycles. The normalized spacial score (nSPS) is 10.8. The molecule has 26 heavy (non-hydrogen) atoms. The van der Waals surface area contributed by atoms with Crippen molar-refractivity contribution in [2.24, 2.45) is 0 Å². The van der Waals surface area contributed by atoms with Crippen LogP contribution in [0.4, 0.5) is 5.69 Å². The Kier molecular flexibility index (Phi) is 4.42. The van der Waals surface area contributed by atoms with Gasteiger partial charge in [0.1, 0.15) is 5.52 Å². The number of nitrogens with one attached hydrogen (secondary N) is 1. The second-order valence-corrected chi connectivity index (χ2v) is 6.35. The van der Waals surface area contributed by atoms with Crippen LogP contribution in [0, 0.1) is 0 Å². The number of nitrogens with zero attached hydrogens (tertiary/aromatic N) is 1. The molecule has 4 rings (SSSR count). The summed E-state index contributed by atoms with van der Waals surface area (Å²) in [6.07, 6.45) is 0.627. The molecule has 1 aromatic heterocycles. The van der Waals surface area contributed by atoms with Crippen molar-refractivity contribution < 1.29 is 9.21 Å². The maximum atomic E-state index is 12.3. The molecule has 0 bridgehead atoms. The van der Waals surface area contributed by atoms with Crippen LogP contribution < -0.4 is 5.32 Å². The predicted molar refractivity (Wildman–Crippen MR) is 103 cm³/mol. The molecular formula is C21H15ClN2O2. The first kappa shape index (κ1) is 16.4. The summed E-state index contributed by atoms with van der Waals surface area (Å²) in [5.74, 6) is 0.446. The van der Waals surface area contributed by atoms with Gasteiger partial charge >= 0.3 is 0 Å². The zero-order valence-corrected chi connectivity index (χ0v) is 14.5. The van der Waals surface area contributed by atoms with Gasteiger partial charge in [0, 0.05) is 22.7 Å². The Bertz CT molecular complexity index is 1060. The van der Waals surface area contributed by atoms with Gasteiger partial charge in [0.25, 0.3) is 5.91 Å². The number of aromatic nitrogens is 1. The number of carbonyl (C=O) groups excluding carboxylic acids is 1. The Hall–Kier alpha value is -3.11. The van der Waals surface area contributed by atoms with Crippen molar-refractivity contribution >= 4 is 34.3 Å². The fourth-order valence-corrected chi connectivity index (χ4v) is 2.83. The minimum absolute atomic E-state index is 0.200. The van der Waals surface area contributed by atoms with E-state index < -0.39 is 0 Å². The Morgan fingerprint density at radius 1 is 1.00 bits per heavy atom. The van der Waals surface area contributed by atoms with Crippen LogP contribution in [0.1, 0.15) is 21.8 Å². The third-order valence-electron chi connectivity index (χ3n) is 3.99. The van der Waals surface area contributed by atoms with Gasteiger partial charge < -0.3 is 9.73 Å². The smallest absolute Gasteiger partial charge is 0.255 e. The van der Waals surface area contributed by atoms with E-state index in [1.807, 2.05) is 36.4 Å². The highest BCUT2D eigenvalue weighted by Crippen LogP contribution is 2.22. The van der Waals surface area contributed by atoms with Crippen LogP contribution in [-0.4, -0.2) is 10.9 Å². The summed E-state index contributed by atoms with van der Waals surface area (Å²) in [5.41, 5.74) is 3.75. The average molecular weight is 363 g/mol. The Balaban J connectivity index is 1.53. The van der Waals surface area contributed by atoms with Gasteiger partial charge in [0.15, 0.2) is 11.5 Å². The topological polar surface area (TPSA) is 55.1 Å².